The molecule has 2 aromatic carbocycles. The molecule has 0 spiro atoms. The minimum atomic E-state index is -0.150. The molecule has 0 saturated carbocycles. The van der Waals surface area contributed by atoms with Crippen molar-refractivity contribution in [2.75, 3.05) is 31.0 Å². The third-order valence-electron chi connectivity index (χ3n) is 4.67. The number of rotatable bonds is 5. The molecule has 0 unspecified atom stereocenters. The van der Waals surface area contributed by atoms with E-state index in [0.29, 0.717) is 35.2 Å². The standard InChI is InChI=1S/C21H20N4O3/c1-27-15-7-8-19(28-2)16(11-15)24-20-13-22-17(12-23-20)21(26)25-10-9-14-5-3-4-6-18(14)25/h3-8,11-13H,9-10H2,1-2H3,(H,23,24). The van der Waals surface area contributed by atoms with Crippen molar-refractivity contribution in [3.05, 3.63) is 66.1 Å². The van der Waals surface area contributed by atoms with Crippen LogP contribution in [0.1, 0.15) is 16.1 Å². The van der Waals surface area contributed by atoms with Crippen molar-refractivity contribution in [3.8, 4) is 11.5 Å². The minimum absolute atomic E-state index is 0.150. The molecule has 7 nitrogen and oxygen atoms in total. The molecule has 0 fully saturated rings. The summed E-state index contributed by atoms with van der Waals surface area (Å²) in [5, 5.41) is 3.15. The van der Waals surface area contributed by atoms with Crippen molar-refractivity contribution in [2.24, 2.45) is 0 Å². The topological polar surface area (TPSA) is 76.6 Å². The van der Waals surface area contributed by atoms with Gasteiger partial charge < -0.3 is 19.7 Å². The molecule has 0 saturated heterocycles. The number of carbonyl (C=O) groups excluding carboxylic acids is 1. The van der Waals surface area contributed by atoms with Crippen molar-refractivity contribution in [1.82, 2.24) is 9.97 Å². The van der Waals surface area contributed by atoms with Crippen LogP contribution in [-0.2, 0) is 6.42 Å². The van der Waals surface area contributed by atoms with Crippen molar-refractivity contribution in [3.63, 3.8) is 0 Å². The first-order valence-corrected chi connectivity index (χ1v) is 8.90. The normalized spacial score (nSPS) is 12.4. The van der Waals surface area contributed by atoms with E-state index in [1.807, 2.05) is 30.3 Å². The predicted octanol–water partition coefficient (Wildman–Crippen LogP) is 3.44. The summed E-state index contributed by atoms with van der Waals surface area (Å²) in [5.74, 6) is 1.69. The Balaban J connectivity index is 1.53. The molecule has 0 atom stereocenters. The fourth-order valence-electron chi connectivity index (χ4n) is 3.24. The van der Waals surface area contributed by atoms with E-state index in [2.05, 4.69) is 15.3 Å². The lowest BCUT2D eigenvalue weighted by atomic mass is 10.2. The van der Waals surface area contributed by atoms with Crippen molar-refractivity contribution >= 4 is 23.1 Å². The van der Waals surface area contributed by atoms with Crippen LogP contribution in [0, 0.1) is 0 Å². The molecular weight excluding hydrogens is 356 g/mol. The molecule has 1 N–H and O–H groups in total. The molecular formula is C21H20N4O3. The van der Waals surface area contributed by atoms with Gasteiger partial charge in [0.15, 0.2) is 0 Å². The number of ether oxygens (including phenoxy) is 2. The Morgan fingerprint density at radius 2 is 1.93 bits per heavy atom. The highest BCUT2D eigenvalue weighted by atomic mass is 16.5. The predicted molar refractivity (Wildman–Crippen MR) is 107 cm³/mol. The van der Waals surface area contributed by atoms with Gasteiger partial charge in [-0.05, 0) is 30.2 Å². The third-order valence-corrected chi connectivity index (χ3v) is 4.67. The molecule has 4 rings (SSSR count). The summed E-state index contributed by atoms with van der Waals surface area (Å²) in [7, 11) is 3.19. The van der Waals surface area contributed by atoms with Crippen LogP contribution in [0.4, 0.5) is 17.2 Å². The number of benzene rings is 2. The number of carbonyl (C=O) groups is 1. The minimum Gasteiger partial charge on any atom is -0.497 e. The number of aromatic nitrogens is 2. The van der Waals surface area contributed by atoms with E-state index in [9.17, 15) is 4.79 Å². The third kappa shape index (κ3) is 3.34. The molecule has 1 amide bonds. The zero-order valence-corrected chi connectivity index (χ0v) is 15.7. The van der Waals surface area contributed by atoms with Gasteiger partial charge in [0.2, 0.25) is 0 Å². The number of hydrogen-bond acceptors (Lipinski definition) is 6. The number of methoxy groups -OCH3 is 2. The van der Waals surface area contributed by atoms with E-state index in [0.717, 1.165) is 12.1 Å². The Morgan fingerprint density at radius 1 is 1.07 bits per heavy atom. The smallest absolute Gasteiger partial charge is 0.278 e. The van der Waals surface area contributed by atoms with Gasteiger partial charge in [-0.25, -0.2) is 9.97 Å². The highest BCUT2D eigenvalue weighted by molar-refractivity contribution is 6.05. The van der Waals surface area contributed by atoms with E-state index in [1.54, 1.807) is 31.3 Å². The number of fused-ring (bicyclic) bond motifs is 1. The molecule has 0 aliphatic carbocycles. The van der Waals surface area contributed by atoms with E-state index < -0.39 is 0 Å². The van der Waals surface area contributed by atoms with Crippen LogP contribution in [0.5, 0.6) is 11.5 Å². The van der Waals surface area contributed by atoms with E-state index in [-0.39, 0.29) is 5.91 Å². The monoisotopic (exact) mass is 376 g/mol. The van der Waals surface area contributed by atoms with E-state index in [4.69, 9.17) is 9.47 Å². The second kappa shape index (κ2) is 7.56. The van der Waals surface area contributed by atoms with Crippen LogP contribution in [0.15, 0.2) is 54.9 Å². The highest BCUT2D eigenvalue weighted by Crippen LogP contribution is 2.31. The van der Waals surface area contributed by atoms with Gasteiger partial charge in [0.25, 0.3) is 5.91 Å². The first kappa shape index (κ1) is 17.8. The zero-order valence-electron chi connectivity index (χ0n) is 15.7. The average Bonchev–Trinajstić information content (AvgIpc) is 3.18. The second-order valence-electron chi connectivity index (χ2n) is 6.31. The fraction of sp³-hybridized carbons (Fsp3) is 0.190. The number of nitrogens with zero attached hydrogens (tertiary/aromatic N) is 3. The summed E-state index contributed by atoms with van der Waals surface area (Å²) in [4.78, 5) is 23.2. The van der Waals surface area contributed by atoms with Gasteiger partial charge in [-0.2, -0.15) is 0 Å². The Hall–Kier alpha value is -3.61. The van der Waals surface area contributed by atoms with E-state index in [1.165, 1.54) is 18.0 Å². The molecule has 7 heteroatoms. The molecule has 0 bridgehead atoms. The zero-order chi connectivity index (χ0) is 19.5. The maximum atomic E-state index is 12.8. The Kier molecular flexibility index (Phi) is 4.80. The van der Waals surface area contributed by atoms with Gasteiger partial charge in [0.05, 0.1) is 32.3 Å². The average molecular weight is 376 g/mol. The summed E-state index contributed by atoms with van der Waals surface area (Å²) < 4.78 is 10.6. The summed E-state index contributed by atoms with van der Waals surface area (Å²) in [5.41, 5.74) is 3.12. The molecule has 1 aliphatic heterocycles. The van der Waals surface area contributed by atoms with Crippen LogP contribution >= 0.6 is 0 Å². The van der Waals surface area contributed by atoms with Gasteiger partial charge in [-0.1, -0.05) is 18.2 Å². The largest absolute Gasteiger partial charge is 0.497 e. The van der Waals surface area contributed by atoms with Crippen molar-refractivity contribution < 1.29 is 14.3 Å². The fourth-order valence-corrected chi connectivity index (χ4v) is 3.24. The Labute approximate surface area is 163 Å². The highest BCUT2D eigenvalue weighted by Gasteiger charge is 2.26. The van der Waals surface area contributed by atoms with Crippen LogP contribution in [0.3, 0.4) is 0 Å². The van der Waals surface area contributed by atoms with Crippen molar-refractivity contribution in [1.29, 1.82) is 0 Å². The summed E-state index contributed by atoms with van der Waals surface area (Å²) >= 11 is 0. The molecule has 142 valence electrons. The lowest BCUT2D eigenvalue weighted by molar-refractivity contribution is 0.0984. The number of para-hydroxylation sites is 1. The van der Waals surface area contributed by atoms with Gasteiger partial charge in [0, 0.05) is 18.3 Å². The Bertz CT molecular complexity index is 1000. The van der Waals surface area contributed by atoms with Crippen LogP contribution in [0.2, 0.25) is 0 Å². The Morgan fingerprint density at radius 3 is 2.68 bits per heavy atom. The quantitative estimate of drug-likeness (QED) is 0.735. The molecule has 3 aromatic rings. The first-order valence-electron chi connectivity index (χ1n) is 8.90. The number of anilines is 3. The number of hydrogen-bond donors (Lipinski definition) is 1. The van der Waals surface area contributed by atoms with Gasteiger partial charge in [-0.3, -0.25) is 4.79 Å². The molecule has 28 heavy (non-hydrogen) atoms. The van der Waals surface area contributed by atoms with E-state index >= 15 is 0 Å². The number of amides is 1. The van der Waals surface area contributed by atoms with Crippen LogP contribution in [0.25, 0.3) is 0 Å². The lowest BCUT2D eigenvalue weighted by Gasteiger charge is -2.17. The molecule has 1 aromatic heterocycles. The SMILES string of the molecule is COc1ccc(OC)c(Nc2cnc(C(=O)N3CCc4ccccc43)cn2)c1. The van der Waals surface area contributed by atoms with Gasteiger partial charge in [0.1, 0.15) is 23.0 Å². The summed E-state index contributed by atoms with van der Waals surface area (Å²) in [6, 6.07) is 13.3. The second-order valence-corrected chi connectivity index (χ2v) is 6.31. The van der Waals surface area contributed by atoms with Crippen LogP contribution in [-0.4, -0.2) is 36.6 Å². The summed E-state index contributed by atoms with van der Waals surface area (Å²) in [6.45, 7) is 0.654. The van der Waals surface area contributed by atoms with Gasteiger partial charge >= 0.3 is 0 Å². The molecule has 2 heterocycles. The van der Waals surface area contributed by atoms with Crippen LogP contribution < -0.4 is 19.7 Å². The summed E-state index contributed by atoms with van der Waals surface area (Å²) in [6.07, 6.45) is 3.87. The van der Waals surface area contributed by atoms with Gasteiger partial charge in [-0.15, -0.1) is 0 Å². The maximum absolute atomic E-state index is 12.8. The maximum Gasteiger partial charge on any atom is 0.278 e. The van der Waals surface area contributed by atoms with Crippen molar-refractivity contribution in [2.45, 2.75) is 6.42 Å². The lowest BCUT2D eigenvalue weighted by Crippen LogP contribution is -2.29. The number of nitrogens with one attached hydrogen (secondary N) is 1. The molecule has 0 radical (unpaired) electrons. The molecule has 1 aliphatic rings. The first-order chi connectivity index (χ1) is 13.7.